The minimum Gasteiger partial charge on any atom is -0.377 e. The van der Waals surface area contributed by atoms with Gasteiger partial charge in [0, 0.05) is 81.8 Å². The molecule has 5 saturated heterocycles. The maximum Gasteiger partial charge on any atom is 0.417 e. The van der Waals surface area contributed by atoms with Gasteiger partial charge in [-0.2, -0.15) is 13.2 Å². The van der Waals surface area contributed by atoms with Crippen LogP contribution >= 0.6 is 11.6 Å². The van der Waals surface area contributed by atoms with Gasteiger partial charge in [-0.05, 0) is 119 Å². The smallest absolute Gasteiger partial charge is 0.377 e. The summed E-state index contributed by atoms with van der Waals surface area (Å²) < 4.78 is 77.6. The Bertz CT molecular complexity index is 3640. The van der Waals surface area contributed by atoms with Gasteiger partial charge in [0.2, 0.25) is 76.8 Å². The van der Waals surface area contributed by atoms with Gasteiger partial charge in [-0.3, -0.25) is 62.3 Å². The second kappa shape index (κ2) is 37.9. The van der Waals surface area contributed by atoms with Crippen molar-refractivity contribution >= 4 is 88.4 Å². The number of carbonyl (C=O) groups is 13. The number of morpholine rings is 1. The largest absolute Gasteiger partial charge is 0.417 e. The Morgan fingerprint density at radius 2 is 1.26 bits per heavy atom. The summed E-state index contributed by atoms with van der Waals surface area (Å²) >= 11 is 6.20. The number of benzene rings is 1. The highest BCUT2D eigenvalue weighted by atomic mass is 35.5. The first kappa shape index (κ1) is 89.2. The van der Waals surface area contributed by atoms with Crippen molar-refractivity contribution in [2.45, 2.75) is 279 Å². The highest BCUT2D eigenvalue weighted by molar-refractivity contribution is 6.31. The van der Waals surface area contributed by atoms with E-state index < -0.39 is 235 Å². The molecule has 1 spiro atoms. The van der Waals surface area contributed by atoms with Crippen LogP contribution in [0, 0.1) is 23.7 Å². The van der Waals surface area contributed by atoms with Crippen LogP contribution in [-0.4, -0.2) is 292 Å². The molecule has 13 amide bonds. The van der Waals surface area contributed by atoms with Gasteiger partial charge in [0.05, 0.1) is 55.3 Å². The average molecular weight is 1620 g/mol. The van der Waals surface area contributed by atoms with Gasteiger partial charge >= 0.3 is 6.18 Å². The van der Waals surface area contributed by atoms with Crippen LogP contribution < -0.4 is 16.0 Å². The molecule has 1 aromatic carbocycles. The van der Waals surface area contributed by atoms with E-state index in [1.165, 1.54) is 78.6 Å². The molecule has 8 aliphatic rings. The molecule has 3 N–H and O–H groups in total. The number of nitrogens with one attached hydrogen (secondary N) is 3. The number of fused-ring (bicyclic) bond motifs is 3. The van der Waals surface area contributed by atoms with Crippen LogP contribution in [0.2, 0.25) is 5.02 Å². The SMILES string of the molecule is CC[C@H](C)C1NC(=O)[C@H](CC(C)C)N(C)C(=O)C[C@@H](C(=O)N2C3CCC2COC3)N(C)C(=O)[C@H](C2CCCC2)N(C)C(=O)C2(CCCC2)NC(=O)[C@H](CC(=O)N2CCC(F)(F)CC2)N(C)C(=O)[C@H](CCc2ccc(C(F)(F)F)c(Cl)c2)NC(=O)CN(C)C(=O)[C@H](CC2CCCCC2)N(C)C(=O)[C@@H]2CCN2C(=O)[C@H](C)N(C)C1=O. The van der Waals surface area contributed by atoms with Crippen LogP contribution in [-0.2, 0) is 79.7 Å². The summed E-state index contributed by atoms with van der Waals surface area (Å²) in [5.41, 5.74) is -2.83. The Balaban J connectivity index is 1.14. The van der Waals surface area contributed by atoms with Gasteiger partial charge in [-0.15, -0.1) is 0 Å². The van der Waals surface area contributed by atoms with Gasteiger partial charge < -0.3 is 69.7 Å². The molecule has 113 heavy (non-hydrogen) atoms. The molecule has 0 radical (unpaired) electrons. The lowest BCUT2D eigenvalue weighted by atomic mass is 9.84. The molecular weight excluding hydrogens is 1500 g/mol. The summed E-state index contributed by atoms with van der Waals surface area (Å²) in [7, 11) is 9.55. The number of likely N-dealkylation sites (N-methyl/N-ethyl adjacent to an activating group) is 7. The van der Waals surface area contributed by atoms with E-state index >= 15 is 47.9 Å². The third kappa shape index (κ3) is 20.7. The Morgan fingerprint density at radius 1 is 0.646 bits per heavy atom. The van der Waals surface area contributed by atoms with Crippen molar-refractivity contribution in [2.24, 2.45) is 23.7 Å². The van der Waals surface area contributed by atoms with Crippen molar-refractivity contribution in [1.29, 1.82) is 0 Å². The number of hydrogen-bond donors (Lipinski definition) is 3. The molecule has 0 aromatic heterocycles. The number of nitrogens with zero attached hydrogens (tertiary/aromatic N) is 10. The van der Waals surface area contributed by atoms with E-state index in [-0.39, 0.29) is 75.7 Å². The summed E-state index contributed by atoms with van der Waals surface area (Å²) in [5.74, 6) is -14.4. The monoisotopic (exact) mass is 1620 g/mol. The average Bonchev–Trinajstić information content (AvgIpc) is 1.74. The minimum absolute atomic E-state index is 0.0252. The normalized spacial score (nSPS) is 29.3. The van der Waals surface area contributed by atoms with E-state index in [1.807, 2.05) is 20.8 Å². The predicted octanol–water partition coefficient (Wildman–Crippen LogP) is 6.43. The Labute approximate surface area is 665 Å². The molecule has 2 bridgehead atoms. The topological polar surface area (TPSA) is 300 Å². The van der Waals surface area contributed by atoms with Crippen LogP contribution in [0.5, 0.6) is 0 Å². The van der Waals surface area contributed by atoms with E-state index in [0.29, 0.717) is 57.8 Å². The second-order valence-corrected chi connectivity index (χ2v) is 34.2. The molecule has 12 atom stereocenters. The first-order chi connectivity index (χ1) is 53.2. The van der Waals surface area contributed by atoms with E-state index in [1.54, 1.807) is 11.8 Å². The van der Waals surface area contributed by atoms with Gasteiger partial charge in [0.1, 0.15) is 59.9 Å². The number of piperidine rings is 1. The lowest BCUT2D eigenvalue weighted by molar-refractivity contribution is -0.160. The van der Waals surface area contributed by atoms with E-state index in [2.05, 4.69) is 16.0 Å². The molecule has 3 unspecified atom stereocenters. The number of ether oxygens (including phenoxy) is 1. The molecule has 1 aromatic rings. The van der Waals surface area contributed by atoms with Crippen molar-refractivity contribution in [2.75, 3.05) is 88.7 Å². The zero-order valence-electron chi connectivity index (χ0n) is 67.8. The number of rotatable bonds is 13. The minimum atomic E-state index is -4.84. The maximum atomic E-state index is 16.1. The fourth-order valence-corrected chi connectivity index (χ4v) is 18.4. The van der Waals surface area contributed by atoms with E-state index in [9.17, 15) is 36.3 Å². The third-order valence-electron chi connectivity index (χ3n) is 25.7. The van der Waals surface area contributed by atoms with Crippen molar-refractivity contribution in [3.63, 3.8) is 0 Å². The molecule has 8 fully saturated rings. The number of aryl methyl sites for hydroxylation is 1. The summed E-state index contributed by atoms with van der Waals surface area (Å²) in [6.07, 6.45) is 0.437. The number of halogens is 6. The van der Waals surface area contributed by atoms with Crippen molar-refractivity contribution in [1.82, 2.24) is 64.9 Å². The summed E-state index contributed by atoms with van der Waals surface area (Å²) in [6, 6.07) is -10.4. The summed E-state index contributed by atoms with van der Waals surface area (Å²) in [5, 5.41) is 7.87. The van der Waals surface area contributed by atoms with Gasteiger partial charge in [-0.1, -0.05) is 110 Å². The fraction of sp³-hybridized carbons (Fsp3) is 0.762. The predicted molar refractivity (Wildman–Crippen MR) is 407 cm³/mol. The first-order valence-corrected chi connectivity index (χ1v) is 41.1. The molecule has 3 saturated carbocycles. The molecule has 630 valence electrons. The second-order valence-electron chi connectivity index (χ2n) is 33.8. The fourth-order valence-electron chi connectivity index (χ4n) is 18.1. The van der Waals surface area contributed by atoms with Crippen LogP contribution in [0.3, 0.4) is 0 Å². The zero-order chi connectivity index (χ0) is 83.0. The molecule has 9 rings (SSSR count). The van der Waals surface area contributed by atoms with E-state index in [0.717, 1.165) is 72.1 Å². The van der Waals surface area contributed by atoms with Gasteiger partial charge in [0.15, 0.2) is 0 Å². The Hall–Kier alpha value is -7.77. The molecule has 33 heteroatoms. The third-order valence-corrected chi connectivity index (χ3v) is 26.0. The van der Waals surface area contributed by atoms with E-state index in [4.69, 9.17) is 16.3 Å². The Kier molecular flexibility index (Phi) is 29.9. The number of amides is 13. The molecule has 27 nitrogen and oxygen atoms in total. The van der Waals surface area contributed by atoms with Crippen LogP contribution in [0.1, 0.15) is 200 Å². The maximum absolute atomic E-state index is 16.1. The summed E-state index contributed by atoms with van der Waals surface area (Å²) in [4.78, 5) is 211. The van der Waals surface area contributed by atoms with Crippen molar-refractivity contribution in [3.05, 3.63) is 34.3 Å². The quantitative estimate of drug-likeness (QED) is 0.180. The summed E-state index contributed by atoms with van der Waals surface area (Å²) in [6.45, 7) is 7.64. The lowest BCUT2D eigenvalue weighted by Crippen LogP contribution is -2.66. The zero-order valence-corrected chi connectivity index (χ0v) is 68.5. The van der Waals surface area contributed by atoms with Gasteiger partial charge in [0.25, 0.3) is 5.92 Å². The number of hydrogen-bond acceptors (Lipinski definition) is 14. The molecule has 5 heterocycles. The molecular formula is C80H119ClF5N13O14. The standard InChI is InChI=1S/C80H119ClF5N13O14/c1-13-48(4)66-75(110)91(7)49(5)70(105)98-36-31-58(98)73(108)94(10)61(41-50-21-15-14-16-22-50)72(107)90(6)44-63(100)87-57(30-26-51-25-29-55(56(81)40-51)80(84,85)86)71(106)93(9)60(42-65(102)97-37-34-79(82,83)35-38-97)69(104)89-78(32-19-20-33-78)77(112)96(12)67(52-23-17-18-24-52)76(111)95(11)62(74(109)99-53-27-28-54(99)46-113-45-53)43-64(101)92(8)59(39-47(2)3)68(103)88-66/h25,29,40,47-50,52-54,57-62,66-67H,13-24,26-28,30-39,41-46H2,1-12H3,(H,87,100)(H,88,103)(H,89,104)/t48-,49-,53?,54?,57-,58-,59-,60-,61-,62-,66?,67-/m0/s1. The van der Waals surface area contributed by atoms with Crippen LogP contribution in [0.25, 0.3) is 0 Å². The molecule has 5 aliphatic heterocycles. The van der Waals surface area contributed by atoms with Crippen LogP contribution in [0.15, 0.2) is 18.2 Å². The highest BCUT2D eigenvalue weighted by Gasteiger charge is 2.54. The number of carbonyl (C=O) groups excluding carboxylic acids is 13. The van der Waals surface area contributed by atoms with Crippen LogP contribution in [0.4, 0.5) is 22.0 Å². The Morgan fingerprint density at radius 3 is 1.83 bits per heavy atom. The number of likely N-dealkylation sites (tertiary alicyclic amines) is 1. The first-order valence-electron chi connectivity index (χ1n) is 40.7. The van der Waals surface area contributed by atoms with Crippen molar-refractivity contribution in [3.8, 4) is 0 Å². The highest BCUT2D eigenvalue weighted by Crippen LogP contribution is 2.40. The van der Waals surface area contributed by atoms with Crippen molar-refractivity contribution < 1.29 is 89.0 Å². The number of alkyl halides is 5. The molecule has 3 aliphatic carbocycles. The lowest BCUT2D eigenvalue weighted by Gasteiger charge is -2.45. The van der Waals surface area contributed by atoms with Gasteiger partial charge in [-0.25, -0.2) is 8.78 Å².